The molecule has 1 N–H and O–H groups in total. The summed E-state index contributed by atoms with van der Waals surface area (Å²) in [4.78, 5) is 53.1. The predicted octanol–water partition coefficient (Wildman–Crippen LogP) is 3.31. The van der Waals surface area contributed by atoms with Gasteiger partial charge in [-0.05, 0) is 25.0 Å². The predicted molar refractivity (Wildman–Crippen MR) is 126 cm³/mol. The van der Waals surface area contributed by atoms with E-state index in [0.29, 0.717) is 11.1 Å². The molecule has 0 fully saturated rings. The average molecular weight is 502 g/mol. The molecular weight excluding hydrogens is 475 g/mol. The third-order valence-corrected chi connectivity index (χ3v) is 5.84. The van der Waals surface area contributed by atoms with Crippen molar-refractivity contribution in [3.8, 4) is 0 Å². The summed E-state index contributed by atoms with van der Waals surface area (Å²) >= 11 is 0. The number of rotatable bonds is 7. The Morgan fingerprint density at radius 2 is 1.53 bits per heavy atom. The number of benzene rings is 2. The monoisotopic (exact) mass is 501 g/mol. The molecule has 0 spiro atoms. The highest BCUT2D eigenvalue weighted by atomic mass is 19.4. The zero-order valence-corrected chi connectivity index (χ0v) is 20.0. The van der Waals surface area contributed by atoms with Crippen molar-refractivity contribution in [2.45, 2.75) is 44.9 Å². The minimum atomic E-state index is -5.16. The number of hydrogen-bond acceptors (Lipinski definition) is 4. The fraction of sp³-hybridized carbons (Fsp3) is 0.308. The molecule has 190 valence electrons. The maximum atomic E-state index is 13.4. The maximum absolute atomic E-state index is 13.4. The minimum absolute atomic E-state index is 0.229. The zero-order chi connectivity index (χ0) is 26.7. The van der Waals surface area contributed by atoms with E-state index >= 15 is 0 Å². The lowest BCUT2D eigenvalue weighted by Gasteiger charge is -2.44. The van der Waals surface area contributed by atoms with Crippen LogP contribution in [0.25, 0.3) is 5.70 Å². The lowest BCUT2D eigenvalue weighted by molar-refractivity contribution is -0.173. The smallest absolute Gasteiger partial charge is 0.344 e. The van der Waals surface area contributed by atoms with Crippen LogP contribution in [-0.4, -0.2) is 57.6 Å². The van der Waals surface area contributed by atoms with Crippen molar-refractivity contribution < 1.29 is 32.3 Å². The number of carbonyl (C=O) groups excluding carboxylic acids is 4. The number of carbonyl (C=O) groups is 4. The molecule has 1 atom stereocenters. The van der Waals surface area contributed by atoms with E-state index in [9.17, 15) is 32.3 Å². The Kier molecular flexibility index (Phi) is 7.66. The number of amides is 3. The number of nitrogens with one attached hydrogen (secondary N) is 1. The third kappa shape index (κ3) is 5.81. The van der Waals surface area contributed by atoms with Crippen LogP contribution < -0.4 is 5.32 Å². The molecule has 0 aliphatic carbocycles. The highest BCUT2D eigenvalue weighted by Gasteiger charge is 2.46. The fourth-order valence-electron chi connectivity index (χ4n) is 4.02. The molecule has 2 aromatic rings. The summed E-state index contributed by atoms with van der Waals surface area (Å²) in [6, 6.07) is 14.6. The van der Waals surface area contributed by atoms with Crippen LogP contribution in [0.5, 0.6) is 0 Å². The van der Waals surface area contributed by atoms with Crippen LogP contribution in [-0.2, 0) is 25.6 Å². The second-order valence-corrected chi connectivity index (χ2v) is 8.89. The largest absolute Gasteiger partial charge is 0.452 e. The quantitative estimate of drug-likeness (QED) is 0.631. The molecule has 0 saturated heterocycles. The van der Waals surface area contributed by atoms with Gasteiger partial charge in [0.15, 0.2) is 0 Å². The van der Waals surface area contributed by atoms with Gasteiger partial charge in [0, 0.05) is 19.5 Å². The Morgan fingerprint density at radius 1 is 0.972 bits per heavy atom. The molecule has 0 bridgehead atoms. The van der Waals surface area contributed by atoms with Crippen LogP contribution in [0, 0.1) is 0 Å². The van der Waals surface area contributed by atoms with E-state index < -0.39 is 47.8 Å². The van der Waals surface area contributed by atoms with Gasteiger partial charge in [-0.3, -0.25) is 24.1 Å². The van der Waals surface area contributed by atoms with Gasteiger partial charge in [-0.25, -0.2) is 0 Å². The molecule has 0 aromatic heterocycles. The Balaban J connectivity index is 1.92. The van der Waals surface area contributed by atoms with Crippen LogP contribution >= 0.6 is 0 Å². The molecule has 0 radical (unpaired) electrons. The van der Waals surface area contributed by atoms with Crippen LogP contribution in [0.15, 0.2) is 66.9 Å². The summed E-state index contributed by atoms with van der Waals surface area (Å²) in [5.41, 5.74) is -0.174. The molecule has 36 heavy (non-hydrogen) atoms. The van der Waals surface area contributed by atoms with Crippen LogP contribution in [0.4, 0.5) is 13.2 Å². The zero-order valence-electron chi connectivity index (χ0n) is 20.0. The van der Waals surface area contributed by atoms with Gasteiger partial charge in [0.2, 0.25) is 11.8 Å². The van der Waals surface area contributed by atoms with Gasteiger partial charge in [0.25, 0.3) is 11.7 Å². The summed E-state index contributed by atoms with van der Waals surface area (Å²) in [5, 5.41) is 2.16. The number of nitrogens with zero attached hydrogens (tertiary/aromatic N) is 2. The van der Waals surface area contributed by atoms with Crippen molar-refractivity contribution >= 4 is 29.2 Å². The van der Waals surface area contributed by atoms with Gasteiger partial charge in [-0.1, -0.05) is 60.7 Å². The number of alkyl halides is 3. The second-order valence-electron chi connectivity index (χ2n) is 8.89. The maximum Gasteiger partial charge on any atom is 0.452 e. The second kappa shape index (κ2) is 10.3. The first-order valence-corrected chi connectivity index (χ1v) is 11.2. The topological polar surface area (TPSA) is 86.8 Å². The number of Topliss-reactive ketones (excluding diaryl/α,β-unsaturated/α-hetero) is 1. The lowest BCUT2D eigenvalue weighted by Crippen LogP contribution is -2.60. The van der Waals surface area contributed by atoms with E-state index in [4.69, 9.17) is 0 Å². The normalized spacial score (nSPS) is 16.3. The van der Waals surface area contributed by atoms with E-state index in [1.54, 1.807) is 60.7 Å². The van der Waals surface area contributed by atoms with Gasteiger partial charge in [0.05, 0.1) is 5.70 Å². The minimum Gasteiger partial charge on any atom is -0.344 e. The van der Waals surface area contributed by atoms with Gasteiger partial charge in [-0.2, -0.15) is 13.2 Å². The summed E-state index contributed by atoms with van der Waals surface area (Å²) in [5.74, 6) is -4.04. The number of hydrogen-bond donors (Lipinski definition) is 1. The van der Waals surface area contributed by atoms with E-state index in [1.165, 1.54) is 31.9 Å². The highest BCUT2D eigenvalue weighted by molar-refractivity contribution is 6.02. The van der Waals surface area contributed by atoms with Gasteiger partial charge < -0.3 is 10.2 Å². The molecule has 1 aliphatic rings. The molecule has 10 heteroatoms. The van der Waals surface area contributed by atoms with Crippen molar-refractivity contribution in [1.29, 1.82) is 0 Å². The van der Waals surface area contributed by atoms with E-state index in [0.717, 1.165) is 4.90 Å². The van der Waals surface area contributed by atoms with Crippen LogP contribution in [0.3, 0.4) is 0 Å². The van der Waals surface area contributed by atoms with Crippen molar-refractivity contribution in [3.63, 3.8) is 0 Å². The number of ketones is 1. The standard InChI is InChI=1S/C26H26F3N3O4/c1-17(33)32-15-21(19-12-8-5-9-13-19)31(24(36)25(32,2)3)16-22(34)30-20(23(35)26(27,28)29)14-18-10-6-4-7-11-18/h4-13,15,20H,14,16H2,1-3H3,(H,30,34). The van der Waals surface area contributed by atoms with E-state index in [-0.39, 0.29) is 12.1 Å². The molecule has 3 rings (SSSR count). The van der Waals surface area contributed by atoms with Crippen molar-refractivity contribution in [2.75, 3.05) is 6.54 Å². The molecule has 1 heterocycles. The van der Waals surface area contributed by atoms with Gasteiger partial charge >= 0.3 is 6.18 Å². The molecule has 7 nitrogen and oxygen atoms in total. The third-order valence-electron chi connectivity index (χ3n) is 5.84. The Hall–Kier alpha value is -3.95. The molecule has 3 amide bonds. The number of halogens is 3. The SMILES string of the molecule is CC(=O)N1C=C(c2ccccc2)N(CC(=O)NC(Cc2ccccc2)C(=O)C(F)(F)F)C(=O)C1(C)C. The first-order valence-electron chi connectivity index (χ1n) is 11.2. The van der Waals surface area contributed by atoms with Crippen molar-refractivity contribution in [1.82, 2.24) is 15.1 Å². The molecule has 1 unspecified atom stereocenters. The van der Waals surface area contributed by atoms with Crippen molar-refractivity contribution in [2.24, 2.45) is 0 Å². The average Bonchev–Trinajstić information content (AvgIpc) is 2.81. The van der Waals surface area contributed by atoms with Crippen LogP contribution in [0.1, 0.15) is 31.9 Å². The lowest BCUT2D eigenvalue weighted by atomic mass is 9.95. The van der Waals surface area contributed by atoms with Gasteiger partial charge in [-0.15, -0.1) is 0 Å². The highest BCUT2D eigenvalue weighted by Crippen LogP contribution is 2.32. The Bertz CT molecular complexity index is 1180. The first-order chi connectivity index (χ1) is 16.8. The molecule has 0 saturated carbocycles. The summed E-state index contributed by atoms with van der Waals surface area (Å²) in [7, 11) is 0. The van der Waals surface area contributed by atoms with Crippen LogP contribution in [0.2, 0.25) is 0 Å². The fourth-order valence-corrected chi connectivity index (χ4v) is 4.02. The summed E-state index contributed by atoms with van der Waals surface area (Å²) in [6.07, 6.45) is -4.09. The van der Waals surface area contributed by atoms with Gasteiger partial charge in [0.1, 0.15) is 18.1 Å². The Labute approximate surface area is 206 Å². The van der Waals surface area contributed by atoms with E-state index in [1.807, 2.05) is 0 Å². The summed E-state index contributed by atoms with van der Waals surface area (Å²) < 4.78 is 39.8. The van der Waals surface area contributed by atoms with Crippen molar-refractivity contribution in [3.05, 3.63) is 78.0 Å². The first kappa shape index (κ1) is 26.7. The Morgan fingerprint density at radius 3 is 2.06 bits per heavy atom. The molecular formula is C26H26F3N3O4. The molecule has 2 aromatic carbocycles. The molecule has 1 aliphatic heterocycles. The summed E-state index contributed by atoms with van der Waals surface area (Å²) in [6.45, 7) is 3.66. The van der Waals surface area contributed by atoms with E-state index in [2.05, 4.69) is 5.32 Å².